The Bertz CT molecular complexity index is 1150. The van der Waals surface area contributed by atoms with Gasteiger partial charge in [-0.25, -0.2) is 4.39 Å². The number of hydrogen-bond acceptors (Lipinski definition) is 5. The van der Waals surface area contributed by atoms with Gasteiger partial charge in [0.1, 0.15) is 11.5 Å². The molecular weight excluding hydrogens is 464 g/mol. The number of halogens is 1. The monoisotopic (exact) mass is 497 g/mol. The average Bonchev–Trinajstić information content (AvgIpc) is 2.84. The first kappa shape index (κ1) is 26.7. The lowest BCUT2D eigenvalue weighted by molar-refractivity contribution is -0.127. The number of fused-ring (bicyclic) bond motifs is 1. The first-order chi connectivity index (χ1) is 16.7. The second-order valence-electron chi connectivity index (χ2n) is 8.82. The van der Waals surface area contributed by atoms with E-state index in [4.69, 9.17) is 11.5 Å². The maximum absolute atomic E-state index is 14.1. The van der Waals surface area contributed by atoms with Crippen LogP contribution in [0.5, 0.6) is 0 Å². The molecule has 0 aliphatic rings. The molecule has 6 N–H and O–H groups in total. The Hall–Kier alpha value is -2.93. The summed E-state index contributed by atoms with van der Waals surface area (Å²) in [5, 5.41) is 5.03. The van der Waals surface area contributed by atoms with E-state index in [1.54, 1.807) is 18.3 Å². The van der Waals surface area contributed by atoms with Crippen molar-refractivity contribution in [3.63, 3.8) is 0 Å². The van der Waals surface area contributed by atoms with E-state index in [0.29, 0.717) is 43.5 Å². The van der Waals surface area contributed by atoms with Gasteiger partial charge < -0.3 is 22.1 Å². The predicted octanol–water partition coefficient (Wildman–Crippen LogP) is 3.37. The topological polar surface area (TPSA) is 123 Å². The highest BCUT2D eigenvalue weighted by atomic mass is 31.0. The maximum atomic E-state index is 14.1. The largest absolute Gasteiger partial charge is 0.343 e. The Balaban J connectivity index is 1.72. The van der Waals surface area contributed by atoms with Crippen LogP contribution in [0.2, 0.25) is 0 Å². The van der Waals surface area contributed by atoms with Crippen LogP contribution >= 0.6 is 9.24 Å². The number of amides is 2. The molecule has 2 aromatic carbocycles. The van der Waals surface area contributed by atoms with E-state index in [9.17, 15) is 14.0 Å². The van der Waals surface area contributed by atoms with E-state index in [1.807, 2.05) is 42.5 Å². The third-order valence-electron chi connectivity index (χ3n) is 5.79. The van der Waals surface area contributed by atoms with Gasteiger partial charge in [0.2, 0.25) is 11.8 Å². The molecule has 7 nitrogen and oxygen atoms in total. The van der Waals surface area contributed by atoms with E-state index in [0.717, 1.165) is 16.5 Å². The Kier molecular flexibility index (Phi) is 9.26. The molecule has 2 amide bonds. The lowest BCUT2D eigenvalue weighted by Crippen LogP contribution is -2.50. The maximum Gasteiger partial charge on any atom is 0.247 e. The molecule has 0 spiro atoms. The molecule has 2 unspecified atom stereocenters. The van der Waals surface area contributed by atoms with Gasteiger partial charge in [0.15, 0.2) is 0 Å². The van der Waals surface area contributed by atoms with Gasteiger partial charge in [0.25, 0.3) is 0 Å². The van der Waals surface area contributed by atoms with Crippen molar-refractivity contribution in [2.45, 2.75) is 50.1 Å². The number of aromatic nitrogens is 1. The van der Waals surface area contributed by atoms with Crippen LogP contribution in [0.25, 0.3) is 10.9 Å². The van der Waals surface area contributed by atoms with E-state index < -0.39 is 23.4 Å². The Morgan fingerprint density at radius 2 is 1.83 bits per heavy atom. The van der Waals surface area contributed by atoms with Crippen molar-refractivity contribution in [2.75, 3.05) is 11.9 Å². The molecule has 0 radical (unpaired) electrons. The molecule has 0 saturated carbocycles. The highest BCUT2D eigenvalue weighted by Crippen LogP contribution is 2.32. The van der Waals surface area contributed by atoms with Crippen LogP contribution in [0.15, 0.2) is 60.8 Å². The number of pyridine rings is 1. The van der Waals surface area contributed by atoms with Gasteiger partial charge in [-0.1, -0.05) is 51.7 Å². The van der Waals surface area contributed by atoms with Crippen molar-refractivity contribution >= 4 is 37.6 Å². The molecule has 0 saturated heterocycles. The molecule has 4 atom stereocenters. The molecule has 0 bridgehead atoms. The molecule has 9 heteroatoms. The summed E-state index contributed by atoms with van der Waals surface area (Å²) < 4.78 is 14.1. The number of anilines is 1. The summed E-state index contributed by atoms with van der Waals surface area (Å²) in [6, 6.07) is 15.0. The standard InChI is InChI=1S/C26H33FN5O2P/c1-26(27,35)19-11-8-17(9-12-19)10-13-23(32-24(33)21(29)6-4-14-28)25(34)31-20-15-18-5-2-3-7-22(18)30-16-20/h2-3,5,7-9,11-12,15-16,21,23H,4,6,10,13-14,28-29,35H2,1H3,(H,31,34)(H,32,33)/t21-,23+,26?/m0/s1. The number of rotatable bonds is 11. The van der Waals surface area contributed by atoms with Gasteiger partial charge in [-0.3, -0.25) is 14.6 Å². The van der Waals surface area contributed by atoms with Crippen LogP contribution in [0.1, 0.15) is 37.3 Å². The second kappa shape index (κ2) is 12.2. The molecule has 0 fully saturated rings. The van der Waals surface area contributed by atoms with Crippen LogP contribution in [0, 0.1) is 0 Å². The molecule has 186 valence electrons. The predicted molar refractivity (Wildman–Crippen MR) is 142 cm³/mol. The van der Waals surface area contributed by atoms with Crippen LogP contribution < -0.4 is 22.1 Å². The number of alkyl halides is 1. The molecule has 1 aromatic heterocycles. The quantitative estimate of drug-likeness (QED) is 0.303. The lowest BCUT2D eigenvalue weighted by atomic mass is 10.0. The van der Waals surface area contributed by atoms with Crippen LogP contribution in [-0.2, 0) is 21.4 Å². The Labute approximate surface area is 207 Å². The summed E-state index contributed by atoms with van der Waals surface area (Å²) >= 11 is 0. The highest BCUT2D eigenvalue weighted by Gasteiger charge is 2.24. The fraction of sp³-hybridized carbons (Fsp3) is 0.346. The zero-order chi connectivity index (χ0) is 25.4. The van der Waals surface area contributed by atoms with Gasteiger partial charge in [-0.15, -0.1) is 0 Å². The minimum Gasteiger partial charge on any atom is -0.343 e. The van der Waals surface area contributed by atoms with Crippen molar-refractivity contribution in [3.05, 3.63) is 71.9 Å². The van der Waals surface area contributed by atoms with Gasteiger partial charge in [0, 0.05) is 5.39 Å². The van der Waals surface area contributed by atoms with Crippen LogP contribution in [-0.4, -0.2) is 35.4 Å². The summed E-state index contributed by atoms with van der Waals surface area (Å²) in [6.07, 6.45) is 3.48. The lowest BCUT2D eigenvalue weighted by Gasteiger charge is -2.21. The number of aryl methyl sites for hydroxylation is 1. The van der Waals surface area contributed by atoms with Gasteiger partial charge in [0.05, 0.1) is 23.4 Å². The van der Waals surface area contributed by atoms with Crippen molar-refractivity contribution in [3.8, 4) is 0 Å². The average molecular weight is 498 g/mol. The molecule has 1 heterocycles. The number of nitrogens with zero attached hydrogens (tertiary/aromatic N) is 1. The minimum atomic E-state index is -1.51. The first-order valence-electron chi connectivity index (χ1n) is 11.7. The number of nitrogens with one attached hydrogen (secondary N) is 2. The van der Waals surface area contributed by atoms with Crippen molar-refractivity contribution in [1.82, 2.24) is 10.3 Å². The fourth-order valence-corrected chi connectivity index (χ4v) is 3.89. The van der Waals surface area contributed by atoms with Crippen molar-refractivity contribution < 1.29 is 14.0 Å². The third-order valence-corrected chi connectivity index (χ3v) is 6.12. The number of hydrogen-bond donors (Lipinski definition) is 4. The molecule has 0 aliphatic carbocycles. The van der Waals surface area contributed by atoms with Gasteiger partial charge in [-0.2, -0.15) is 0 Å². The fourth-order valence-electron chi connectivity index (χ4n) is 3.69. The number of carbonyl (C=O) groups excluding carboxylic acids is 2. The molecule has 3 rings (SSSR count). The van der Waals surface area contributed by atoms with E-state index in [2.05, 4.69) is 24.9 Å². The van der Waals surface area contributed by atoms with Gasteiger partial charge in [-0.05, 0) is 62.4 Å². The number of nitrogens with two attached hydrogens (primary N) is 2. The van der Waals surface area contributed by atoms with Crippen molar-refractivity contribution in [1.29, 1.82) is 0 Å². The Morgan fingerprint density at radius 3 is 2.51 bits per heavy atom. The number of carbonyl (C=O) groups is 2. The summed E-state index contributed by atoms with van der Waals surface area (Å²) in [6.45, 7) is 1.90. The molecule has 0 aliphatic heterocycles. The summed E-state index contributed by atoms with van der Waals surface area (Å²) in [5.41, 5.74) is 14.3. The highest BCUT2D eigenvalue weighted by molar-refractivity contribution is 7.18. The van der Waals surface area contributed by atoms with E-state index in [-0.39, 0.29) is 5.91 Å². The summed E-state index contributed by atoms with van der Waals surface area (Å²) in [4.78, 5) is 30.2. The SMILES string of the molecule is CC(F)(P)c1ccc(CC[C@@H](NC(=O)[C@@H](N)CCCN)C(=O)Nc2cnc3ccccc3c2)cc1. The number of benzene rings is 2. The Morgan fingerprint density at radius 1 is 1.11 bits per heavy atom. The summed E-state index contributed by atoms with van der Waals surface area (Å²) in [5.74, 6) is -0.763. The number of para-hydroxylation sites is 1. The normalized spacial score (nSPS) is 14.7. The van der Waals surface area contributed by atoms with E-state index in [1.165, 1.54) is 6.92 Å². The van der Waals surface area contributed by atoms with E-state index >= 15 is 0 Å². The van der Waals surface area contributed by atoms with Crippen LogP contribution in [0.4, 0.5) is 10.1 Å². The zero-order valence-electron chi connectivity index (χ0n) is 19.8. The van der Waals surface area contributed by atoms with Crippen molar-refractivity contribution in [2.24, 2.45) is 11.5 Å². The molecule has 35 heavy (non-hydrogen) atoms. The molecular formula is C26H33FN5O2P. The summed E-state index contributed by atoms with van der Waals surface area (Å²) in [7, 11) is 2.17. The molecule has 3 aromatic rings. The van der Waals surface area contributed by atoms with Crippen LogP contribution in [0.3, 0.4) is 0 Å². The third kappa shape index (κ3) is 7.79. The second-order valence-corrected chi connectivity index (χ2v) is 9.90. The zero-order valence-corrected chi connectivity index (χ0v) is 21.0. The minimum absolute atomic E-state index is 0.343. The first-order valence-corrected chi connectivity index (χ1v) is 12.2. The smallest absolute Gasteiger partial charge is 0.247 e. The van der Waals surface area contributed by atoms with Gasteiger partial charge >= 0.3 is 0 Å².